The van der Waals surface area contributed by atoms with Gasteiger partial charge in [0.25, 0.3) is 0 Å². The first kappa shape index (κ1) is 31.1. The number of aromatic nitrogens is 4. The third-order valence-electron chi connectivity index (χ3n) is 9.00. The minimum absolute atomic E-state index is 0. The SMILES string of the molecule is NC1=Cc2nc1c(-c1ccccc1)c1ccc([n-]1)c(-c1ccccc1)c1nc(c(-c3ccccc3)c3ccc([n-]3)c2-c2ccccc2)C=C1.[Ni+2]. The molecule has 0 saturated heterocycles. The monoisotopic (exact) mass is 685 g/mol. The van der Waals surface area contributed by atoms with Gasteiger partial charge in [0.05, 0.1) is 28.5 Å². The number of benzene rings is 4. The Hall–Kier alpha value is -6.23. The smallest absolute Gasteiger partial charge is 0.657 e. The van der Waals surface area contributed by atoms with Gasteiger partial charge in [-0.15, -0.1) is 22.1 Å². The molecule has 2 N–H and O–H groups in total. The van der Waals surface area contributed by atoms with E-state index in [2.05, 4.69) is 84.9 Å². The Morgan fingerprint density at radius 1 is 0.380 bits per heavy atom. The van der Waals surface area contributed by atoms with E-state index in [1.165, 1.54) is 0 Å². The van der Waals surface area contributed by atoms with Crippen molar-refractivity contribution in [2.24, 2.45) is 5.73 Å². The Balaban J connectivity index is 0.00000361. The maximum absolute atomic E-state index is 6.90. The fourth-order valence-electron chi connectivity index (χ4n) is 6.79. The van der Waals surface area contributed by atoms with Crippen LogP contribution in [0.3, 0.4) is 0 Å². The first-order valence-electron chi connectivity index (χ1n) is 16.3. The maximum atomic E-state index is 6.90. The largest absolute Gasteiger partial charge is 2.00 e. The topological polar surface area (TPSA) is 80.0 Å². The number of hydrogen-bond acceptors (Lipinski definition) is 3. The molecule has 5 nitrogen and oxygen atoms in total. The third-order valence-corrected chi connectivity index (χ3v) is 9.00. The van der Waals surface area contributed by atoms with Crippen LogP contribution < -0.4 is 15.7 Å². The Morgan fingerprint density at radius 2 is 0.720 bits per heavy atom. The number of hydrogen-bond donors (Lipinski definition) is 1. The molecule has 7 aromatic rings. The van der Waals surface area contributed by atoms with Crippen LogP contribution in [0, 0.1) is 0 Å². The van der Waals surface area contributed by atoms with Crippen LogP contribution in [0.15, 0.2) is 146 Å². The number of fused-ring (bicyclic) bond motifs is 8. The van der Waals surface area contributed by atoms with E-state index in [0.29, 0.717) is 11.4 Å². The number of rotatable bonds is 4. The molecule has 0 radical (unpaired) electrons. The zero-order valence-corrected chi connectivity index (χ0v) is 27.8. The van der Waals surface area contributed by atoms with E-state index >= 15 is 0 Å². The first-order valence-corrected chi connectivity index (χ1v) is 16.3. The van der Waals surface area contributed by atoms with Gasteiger partial charge in [-0.25, -0.2) is 9.97 Å². The Kier molecular flexibility index (Phi) is 8.08. The van der Waals surface area contributed by atoms with Crippen molar-refractivity contribution in [2.45, 2.75) is 0 Å². The van der Waals surface area contributed by atoms with Crippen molar-refractivity contribution < 1.29 is 16.5 Å². The average Bonchev–Trinajstić information content (AvgIpc) is 3.98. The van der Waals surface area contributed by atoms with Crippen LogP contribution in [0.1, 0.15) is 22.8 Å². The van der Waals surface area contributed by atoms with Crippen molar-refractivity contribution in [3.8, 4) is 44.5 Å². The van der Waals surface area contributed by atoms with E-state index in [1.807, 2.05) is 78.9 Å². The van der Waals surface area contributed by atoms with E-state index in [-0.39, 0.29) is 16.5 Å². The molecule has 0 fully saturated rings. The molecule has 0 saturated carbocycles. The summed E-state index contributed by atoms with van der Waals surface area (Å²) in [5, 5.41) is 0. The van der Waals surface area contributed by atoms with Crippen LogP contribution in [0.25, 0.3) is 90.5 Å². The first-order chi connectivity index (χ1) is 24.2. The quantitative estimate of drug-likeness (QED) is 0.187. The second-order valence-corrected chi connectivity index (χ2v) is 12.1. The van der Waals surface area contributed by atoms with E-state index in [1.54, 1.807) is 0 Å². The van der Waals surface area contributed by atoms with Crippen molar-refractivity contribution in [1.29, 1.82) is 0 Å². The molecule has 0 spiro atoms. The predicted molar refractivity (Wildman–Crippen MR) is 202 cm³/mol. The summed E-state index contributed by atoms with van der Waals surface area (Å²) in [4.78, 5) is 21.2. The predicted octanol–water partition coefficient (Wildman–Crippen LogP) is 9.87. The third kappa shape index (κ3) is 5.46. The van der Waals surface area contributed by atoms with Crippen LogP contribution in [0.5, 0.6) is 0 Å². The molecule has 0 amide bonds. The molecule has 9 rings (SSSR count). The van der Waals surface area contributed by atoms with Crippen molar-refractivity contribution >= 4 is 46.0 Å². The maximum Gasteiger partial charge on any atom is 2.00 e. The summed E-state index contributed by atoms with van der Waals surface area (Å²) in [5.41, 5.74) is 21.6. The molecule has 240 valence electrons. The Morgan fingerprint density at radius 3 is 1.12 bits per heavy atom. The summed E-state index contributed by atoms with van der Waals surface area (Å²) in [5.74, 6) is 0. The van der Waals surface area contributed by atoms with Gasteiger partial charge in [0.2, 0.25) is 0 Å². The summed E-state index contributed by atoms with van der Waals surface area (Å²) in [7, 11) is 0. The molecule has 0 aliphatic carbocycles. The zero-order valence-electron chi connectivity index (χ0n) is 26.8. The molecule has 6 heteroatoms. The van der Waals surface area contributed by atoms with Crippen LogP contribution in [0.2, 0.25) is 0 Å². The Bertz CT molecular complexity index is 2590. The molecule has 50 heavy (non-hydrogen) atoms. The van der Waals surface area contributed by atoms with E-state index in [4.69, 9.17) is 25.7 Å². The molecule has 8 bridgehead atoms. The molecule has 5 heterocycles. The normalized spacial score (nSPS) is 12.0. The molecule has 0 unspecified atom stereocenters. The standard InChI is InChI=1S/C44H29N5.Ni/c45-32-27-39-42(30-17-9-3-10-18-30)37-24-23-35(47-37)40(28-13-5-1-6-14-28)33-21-22-34(46-33)41(29-15-7-2-8-16-29)36-25-26-38(48-36)43(44(32)49-39)31-19-11-4-12-20-31;/h1-27H,45H2;/q-2;+2. The molecule has 4 aromatic carbocycles. The summed E-state index contributed by atoms with van der Waals surface area (Å²) in [6, 6.07) is 49.4. The molecular formula is C44H29N5Ni. The Labute approximate surface area is 299 Å². The van der Waals surface area contributed by atoms with E-state index in [0.717, 1.165) is 83.7 Å². The minimum atomic E-state index is 0. The fraction of sp³-hybridized carbons (Fsp3) is 0. The minimum Gasteiger partial charge on any atom is -0.657 e. The van der Waals surface area contributed by atoms with E-state index < -0.39 is 0 Å². The second-order valence-electron chi connectivity index (χ2n) is 12.1. The summed E-state index contributed by atoms with van der Waals surface area (Å²) < 4.78 is 0. The number of nitrogens with two attached hydrogens (primary N) is 1. The van der Waals surface area contributed by atoms with Gasteiger partial charge < -0.3 is 15.7 Å². The molecule has 2 aliphatic heterocycles. The van der Waals surface area contributed by atoms with Crippen molar-refractivity contribution in [3.05, 3.63) is 168 Å². The van der Waals surface area contributed by atoms with E-state index in [9.17, 15) is 0 Å². The van der Waals surface area contributed by atoms with Gasteiger partial charge in [0, 0.05) is 0 Å². The van der Waals surface area contributed by atoms with Crippen LogP contribution in [0.4, 0.5) is 0 Å². The van der Waals surface area contributed by atoms with Crippen molar-refractivity contribution in [1.82, 2.24) is 19.9 Å². The van der Waals surface area contributed by atoms with Crippen molar-refractivity contribution in [2.75, 3.05) is 0 Å². The summed E-state index contributed by atoms with van der Waals surface area (Å²) in [6.07, 6.45) is 6.14. The zero-order chi connectivity index (χ0) is 32.7. The number of nitrogens with zero attached hydrogens (tertiary/aromatic N) is 4. The van der Waals surface area contributed by atoms with Crippen LogP contribution >= 0.6 is 0 Å². The summed E-state index contributed by atoms with van der Waals surface area (Å²) >= 11 is 0. The molecular weight excluding hydrogens is 657 g/mol. The fourth-order valence-corrected chi connectivity index (χ4v) is 6.79. The second kappa shape index (κ2) is 13.0. The van der Waals surface area contributed by atoms with Gasteiger partial charge in [-0.1, -0.05) is 146 Å². The average molecular weight is 686 g/mol. The van der Waals surface area contributed by atoms with Crippen LogP contribution in [-0.4, -0.2) is 9.97 Å². The van der Waals surface area contributed by atoms with Gasteiger partial charge in [0.1, 0.15) is 0 Å². The van der Waals surface area contributed by atoms with Crippen molar-refractivity contribution in [3.63, 3.8) is 0 Å². The van der Waals surface area contributed by atoms with Gasteiger partial charge in [-0.05, 0) is 62.7 Å². The molecule has 0 atom stereocenters. The van der Waals surface area contributed by atoms with Gasteiger partial charge in [-0.2, -0.15) is 0 Å². The van der Waals surface area contributed by atoms with Gasteiger partial charge >= 0.3 is 16.5 Å². The van der Waals surface area contributed by atoms with Gasteiger partial charge in [-0.3, -0.25) is 0 Å². The summed E-state index contributed by atoms with van der Waals surface area (Å²) in [6.45, 7) is 0. The van der Waals surface area contributed by atoms with Gasteiger partial charge in [0.15, 0.2) is 0 Å². The molecule has 2 aliphatic rings. The molecule has 3 aromatic heterocycles. The van der Waals surface area contributed by atoms with Crippen LogP contribution in [-0.2, 0) is 16.5 Å².